The van der Waals surface area contributed by atoms with Gasteiger partial charge in [-0.25, -0.2) is 9.97 Å². The van der Waals surface area contributed by atoms with Gasteiger partial charge in [-0.2, -0.15) is 0 Å². The summed E-state index contributed by atoms with van der Waals surface area (Å²) in [6, 6.07) is 9.64. The van der Waals surface area contributed by atoms with E-state index < -0.39 is 0 Å². The van der Waals surface area contributed by atoms with E-state index in [-0.39, 0.29) is 11.9 Å². The van der Waals surface area contributed by atoms with Crippen molar-refractivity contribution >= 4 is 17.9 Å². The average Bonchev–Trinajstić information content (AvgIpc) is 2.68. The minimum absolute atomic E-state index is 0.0599. The smallest absolute Gasteiger partial charge is 0.250 e. The van der Waals surface area contributed by atoms with Crippen LogP contribution in [-0.2, 0) is 4.79 Å². The van der Waals surface area contributed by atoms with Crippen LogP contribution >= 0.6 is 0 Å². The normalized spacial score (nSPS) is 19.4. The van der Waals surface area contributed by atoms with Crippen LogP contribution in [0.4, 0.5) is 5.95 Å². The molecule has 0 aliphatic carbocycles. The molecule has 6 heteroatoms. The van der Waals surface area contributed by atoms with E-state index in [1.54, 1.807) is 18.5 Å². The SMILES string of the molecule is O=C(N[C@@H]1CCCN(c2ncccn2)C1)C1=Cc2ccccc2OC1. The van der Waals surface area contributed by atoms with Gasteiger partial charge >= 0.3 is 0 Å². The van der Waals surface area contributed by atoms with E-state index in [2.05, 4.69) is 20.2 Å². The van der Waals surface area contributed by atoms with E-state index in [1.807, 2.05) is 30.3 Å². The summed E-state index contributed by atoms with van der Waals surface area (Å²) >= 11 is 0. The van der Waals surface area contributed by atoms with E-state index in [1.165, 1.54) is 0 Å². The van der Waals surface area contributed by atoms with Crippen LogP contribution in [0.5, 0.6) is 5.75 Å². The molecule has 1 saturated heterocycles. The molecule has 1 aromatic carbocycles. The fourth-order valence-corrected chi connectivity index (χ4v) is 3.26. The standard InChI is InChI=1S/C19H20N4O2/c24-18(15-11-14-5-1-2-7-17(14)25-13-15)22-16-6-3-10-23(12-16)19-20-8-4-9-21-19/h1-2,4-5,7-9,11,16H,3,6,10,12-13H2,(H,22,24)/t16-/m1/s1. The quantitative estimate of drug-likeness (QED) is 0.929. The fourth-order valence-electron chi connectivity index (χ4n) is 3.26. The Balaban J connectivity index is 1.42. The molecule has 25 heavy (non-hydrogen) atoms. The second-order valence-corrected chi connectivity index (χ2v) is 6.30. The van der Waals surface area contributed by atoms with Gasteiger partial charge in [0.15, 0.2) is 0 Å². The highest BCUT2D eigenvalue weighted by molar-refractivity contribution is 5.99. The number of aromatic nitrogens is 2. The molecule has 2 aliphatic heterocycles. The molecule has 2 aliphatic rings. The number of ether oxygens (including phenoxy) is 1. The number of rotatable bonds is 3. The van der Waals surface area contributed by atoms with Crippen LogP contribution in [0.1, 0.15) is 18.4 Å². The lowest BCUT2D eigenvalue weighted by Crippen LogP contribution is -2.49. The van der Waals surface area contributed by atoms with Crippen LogP contribution in [0.25, 0.3) is 6.08 Å². The van der Waals surface area contributed by atoms with Gasteiger partial charge in [0.05, 0.1) is 5.57 Å². The molecular formula is C19H20N4O2. The first-order valence-corrected chi connectivity index (χ1v) is 8.55. The molecule has 0 unspecified atom stereocenters. The monoisotopic (exact) mass is 336 g/mol. The molecule has 6 nitrogen and oxygen atoms in total. The van der Waals surface area contributed by atoms with Crippen molar-refractivity contribution < 1.29 is 9.53 Å². The number of carbonyl (C=O) groups excluding carboxylic acids is 1. The Morgan fingerprint density at radius 2 is 2.04 bits per heavy atom. The van der Waals surface area contributed by atoms with Gasteiger partial charge < -0.3 is 15.0 Å². The van der Waals surface area contributed by atoms with Crippen LogP contribution in [0, 0.1) is 0 Å². The van der Waals surface area contributed by atoms with Gasteiger partial charge in [0.1, 0.15) is 12.4 Å². The number of hydrogen-bond acceptors (Lipinski definition) is 5. The minimum Gasteiger partial charge on any atom is -0.488 e. The summed E-state index contributed by atoms with van der Waals surface area (Å²) in [4.78, 5) is 23.3. The first-order chi connectivity index (χ1) is 12.3. The molecule has 3 heterocycles. The van der Waals surface area contributed by atoms with Crippen molar-refractivity contribution in [1.29, 1.82) is 0 Å². The molecule has 1 N–H and O–H groups in total. The number of benzene rings is 1. The number of nitrogens with zero attached hydrogens (tertiary/aromatic N) is 3. The summed E-state index contributed by atoms with van der Waals surface area (Å²) in [5, 5.41) is 3.13. The van der Waals surface area contributed by atoms with Crippen molar-refractivity contribution in [3.8, 4) is 5.75 Å². The fraction of sp³-hybridized carbons (Fsp3) is 0.316. The average molecular weight is 336 g/mol. The van der Waals surface area contributed by atoms with Gasteiger partial charge in [0.25, 0.3) is 5.91 Å². The van der Waals surface area contributed by atoms with E-state index in [0.717, 1.165) is 43.2 Å². The van der Waals surface area contributed by atoms with Crippen molar-refractivity contribution in [2.24, 2.45) is 0 Å². The summed E-state index contributed by atoms with van der Waals surface area (Å²) in [5.41, 5.74) is 1.61. The molecule has 0 bridgehead atoms. The van der Waals surface area contributed by atoms with Crippen molar-refractivity contribution in [1.82, 2.24) is 15.3 Å². The van der Waals surface area contributed by atoms with Gasteiger partial charge in [-0.15, -0.1) is 0 Å². The molecule has 1 amide bonds. The third kappa shape index (κ3) is 3.47. The lowest BCUT2D eigenvalue weighted by molar-refractivity contribution is -0.118. The molecule has 128 valence electrons. The Morgan fingerprint density at radius 3 is 2.92 bits per heavy atom. The third-order valence-corrected chi connectivity index (χ3v) is 4.52. The van der Waals surface area contributed by atoms with Crippen molar-refractivity contribution in [3.05, 3.63) is 53.9 Å². The van der Waals surface area contributed by atoms with Crippen molar-refractivity contribution in [2.45, 2.75) is 18.9 Å². The number of nitrogens with one attached hydrogen (secondary N) is 1. The number of anilines is 1. The molecule has 1 fully saturated rings. The number of fused-ring (bicyclic) bond motifs is 1. The second kappa shape index (κ2) is 6.93. The van der Waals surface area contributed by atoms with Crippen LogP contribution in [0.15, 0.2) is 48.3 Å². The van der Waals surface area contributed by atoms with Crippen LogP contribution in [0.3, 0.4) is 0 Å². The second-order valence-electron chi connectivity index (χ2n) is 6.30. The van der Waals surface area contributed by atoms with Gasteiger partial charge in [-0.1, -0.05) is 18.2 Å². The Labute approximate surface area is 146 Å². The maximum absolute atomic E-state index is 12.6. The van der Waals surface area contributed by atoms with Crippen molar-refractivity contribution in [3.63, 3.8) is 0 Å². The van der Waals surface area contributed by atoms with E-state index in [4.69, 9.17) is 4.74 Å². The summed E-state index contributed by atoms with van der Waals surface area (Å²) in [6.45, 7) is 1.94. The summed E-state index contributed by atoms with van der Waals surface area (Å²) in [7, 11) is 0. The predicted molar refractivity (Wildman–Crippen MR) is 95.3 cm³/mol. The number of carbonyl (C=O) groups is 1. The first-order valence-electron chi connectivity index (χ1n) is 8.55. The Hall–Kier alpha value is -2.89. The van der Waals surface area contributed by atoms with Crippen LogP contribution in [-0.4, -0.2) is 41.6 Å². The van der Waals surface area contributed by atoms with Gasteiger partial charge in [0.2, 0.25) is 5.95 Å². The summed E-state index contributed by atoms with van der Waals surface area (Å²) < 4.78 is 5.68. The lowest BCUT2D eigenvalue weighted by Gasteiger charge is -2.33. The molecular weight excluding hydrogens is 316 g/mol. The Bertz CT molecular complexity index is 791. The zero-order chi connectivity index (χ0) is 17.1. The zero-order valence-corrected chi connectivity index (χ0v) is 13.9. The van der Waals surface area contributed by atoms with E-state index >= 15 is 0 Å². The number of amides is 1. The molecule has 0 saturated carbocycles. The minimum atomic E-state index is -0.0599. The van der Waals surface area contributed by atoms with E-state index in [9.17, 15) is 4.79 Å². The number of hydrogen-bond donors (Lipinski definition) is 1. The molecule has 1 atom stereocenters. The highest BCUT2D eigenvalue weighted by Crippen LogP contribution is 2.26. The predicted octanol–water partition coefficient (Wildman–Crippen LogP) is 2.04. The van der Waals surface area contributed by atoms with Crippen molar-refractivity contribution in [2.75, 3.05) is 24.6 Å². The van der Waals surface area contributed by atoms with E-state index in [0.29, 0.717) is 12.2 Å². The highest BCUT2D eigenvalue weighted by atomic mass is 16.5. The molecule has 2 aromatic rings. The molecule has 0 spiro atoms. The summed E-state index contributed by atoms with van der Waals surface area (Å²) in [6.07, 6.45) is 7.36. The molecule has 0 radical (unpaired) electrons. The third-order valence-electron chi connectivity index (χ3n) is 4.52. The maximum Gasteiger partial charge on any atom is 0.250 e. The first kappa shape index (κ1) is 15.6. The van der Waals surface area contributed by atoms with Gasteiger partial charge in [-0.05, 0) is 31.1 Å². The lowest BCUT2D eigenvalue weighted by atomic mass is 10.0. The van der Waals surface area contributed by atoms with Crippen LogP contribution in [0.2, 0.25) is 0 Å². The molecule has 1 aromatic heterocycles. The Kier molecular flexibility index (Phi) is 4.33. The zero-order valence-electron chi connectivity index (χ0n) is 13.9. The number of piperidine rings is 1. The largest absolute Gasteiger partial charge is 0.488 e. The topological polar surface area (TPSA) is 67.4 Å². The Morgan fingerprint density at radius 1 is 1.20 bits per heavy atom. The van der Waals surface area contributed by atoms with Gasteiger partial charge in [0, 0.05) is 37.1 Å². The highest BCUT2D eigenvalue weighted by Gasteiger charge is 2.25. The van der Waals surface area contributed by atoms with Gasteiger partial charge in [-0.3, -0.25) is 4.79 Å². The van der Waals surface area contributed by atoms with Crippen LogP contribution < -0.4 is 15.0 Å². The summed E-state index contributed by atoms with van der Waals surface area (Å²) in [5.74, 6) is 1.48. The molecule has 4 rings (SSSR count). The number of para-hydroxylation sites is 1. The maximum atomic E-state index is 12.6.